The molecule has 0 bridgehead atoms. The fourth-order valence-electron chi connectivity index (χ4n) is 1.83. The lowest BCUT2D eigenvalue weighted by Gasteiger charge is -2.29. The zero-order chi connectivity index (χ0) is 12.6. The van der Waals surface area contributed by atoms with Gasteiger partial charge in [0.05, 0.1) is 13.2 Å². The van der Waals surface area contributed by atoms with Crippen LogP contribution in [0.25, 0.3) is 0 Å². The van der Waals surface area contributed by atoms with Gasteiger partial charge in [0.25, 0.3) is 0 Å². The third-order valence-corrected chi connectivity index (χ3v) is 2.78. The Morgan fingerprint density at radius 2 is 1.82 bits per heavy atom. The van der Waals surface area contributed by atoms with Crippen molar-refractivity contribution in [1.29, 1.82) is 0 Å². The Morgan fingerprint density at radius 1 is 1.18 bits per heavy atom. The largest absolute Gasteiger partial charge is 0.379 e. The first-order valence-electron chi connectivity index (χ1n) is 6.67. The zero-order valence-corrected chi connectivity index (χ0v) is 11.4. The van der Waals surface area contributed by atoms with Crippen LogP contribution in [-0.4, -0.2) is 44.9 Å². The molecule has 1 atom stereocenters. The summed E-state index contributed by atoms with van der Waals surface area (Å²) in [5, 5.41) is 0. The Morgan fingerprint density at radius 3 is 2.35 bits per heavy atom. The normalized spacial score (nSPS) is 19.6. The van der Waals surface area contributed by atoms with E-state index in [-0.39, 0.29) is 0 Å². The molecule has 1 rings (SSSR count). The summed E-state index contributed by atoms with van der Waals surface area (Å²) in [6.45, 7) is 9.79. The lowest BCUT2D eigenvalue weighted by molar-refractivity contribution is -0.225. The topological polar surface area (TPSA) is 40.2 Å². The van der Waals surface area contributed by atoms with E-state index in [9.17, 15) is 0 Å². The molecule has 0 aliphatic carbocycles. The number of epoxide rings is 1. The predicted molar refractivity (Wildman–Crippen MR) is 66.1 cm³/mol. The van der Waals surface area contributed by atoms with Crippen LogP contribution in [-0.2, 0) is 18.9 Å². The molecule has 0 aromatic carbocycles. The van der Waals surface area contributed by atoms with Crippen molar-refractivity contribution in [2.45, 2.75) is 51.9 Å². The fraction of sp³-hybridized carbons (Fsp3) is 1.00. The van der Waals surface area contributed by atoms with Gasteiger partial charge in [-0.3, -0.25) is 0 Å². The second-order valence-corrected chi connectivity index (χ2v) is 4.49. The van der Waals surface area contributed by atoms with Crippen LogP contribution in [0.4, 0.5) is 0 Å². The van der Waals surface area contributed by atoms with Gasteiger partial charge >= 0.3 is 0 Å². The van der Waals surface area contributed by atoms with Gasteiger partial charge in [0.2, 0.25) is 0 Å². The molecule has 4 nitrogen and oxygen atoms in total. The lowest BCUT2D eigenvalue weighted by Crippen LogP contribution is -2.32. The molecular weight excluding hydrogens is 220 g/mol. The third-order valence-electron chi connectivity index (χ3n) is 2.78. The van der Waals surface area contributed by atoms with Crippen LogP contribution in [0.1, 0.15) is 40.0 Å². The summed E-state index contributed by atoms with van der Waals surface area (Å²) in [4.78, 5) is 0. The van der Waals surface area contributed by atoms with Crippen LogP contribution in [0.15, 0.2) is 0 Å². The molecule has 1 saturated heterocycles. The van der Waals surface area contributed by atoms with Gasteiger partial charge in [-0.25, -0.2) is 0 Å². The molecule has 1 heterocycles. The molecule has 0 radical (unpaired) electrons. The van der Waals surface area contributed by atoms with Crippen molar-refractivity contribution in [3.8, 4) is 0 Å². The summed E-state index contributed by atoms with van der Waals surface area (Å²) in [7, 11) is 0. The summed E-state index contributed by atoms with van der Waals surface area (Å²) >= 11 is 0. The van der Waals surface area contributed by atoms with Crippen molar-refractivity contribution >= 4 is 0 Å². The van der Waals surface area contributed by atoms with Gasteiger partial charge in [0, 0.05) is 26.2 Å². The minimum atomic E-state index is -0.427. The van der Waals surface area contributed by atoms with E-state index in [1.54, 1.807) is 0 Å². The zero-order valence-electron chi connectivity index (χ0n) is 11.4. The number of rotatable bonds is 11. The highest BCUT2D eigenvalue weighted by Crippen LogP contribution is 2.20. The molecule has 1 aliphatic heterocycles. The Labute approximate surface area is 105 Å². The molecule has 0 amide bonds. The Bertz CT molecular complexity index is 186. The molecular formula is C13H26O4. The maximum Gasteiger partial charge on any atom is 0.165 e. The molecule has 1 fully saturated rings. The van der Waals surface area contributed by atoms with Gasteiger partial charge in [-0.2, -0.15) is 0 Å². The van der Waals surface area contributed by atoms with Crippen LogP contribution >= 0.6 is 0 Å². The minimum absolute atomic E-state index is 0.368. The van der Waals surface area contributed by atoms with Gasteiger partial charge < -0.3 is 18.9 Å². The first kappa shape index (κ1) is 14.9. The van der Waals surface area contributed by atoms with Crippen molar-refractivity contribution in [2.24, 2.45) is 0 Å². The van der Waals surface area contributed by atoms with Crippen molar-refractivity contribution in [3.63, 3.8) is 0 Å². The average Bonchev–Trinajstić information content (AvgIpc) is 3.08. The van der Waals surface area contributed by atoms with Crippen LogP contribution in [0.2, 0.25) is 0 Å². The van der Waals surface area contributed by atoms with Crippen molar-refractivity contribution in [3.05, 3.63) is 0 Å². The van der Waals surface area contributed by atoms with Crippen LogP contribution in [0.3, 0.4) is 0 Å². The number of ether oxygens (including phenoxy) is 4. The second-order valence-electron chi connectivity index (χ2n) is 4.49. The van der Waals surface area contributed by atoms with Crippen molar-refractivity contribution in [2.75, 3.05) is 33.0 Å². The Balaban J connectivity index is 2.00. The number of unbranched alkanes of at least 4 members (excludes halogenated alkanes) is 1. The molecule has 0 N–H and O–H groups in total. The highest BCUT2D eigenvalue weighted by molar-refractivity contribution is 4.67. The summed E-state index contributed by atoms with van der Waals surface area (Å²) < 4.78 is 21.8. The fourth-order valence-corrected chi connectivity index (χ4v) is 1.83. The van der Waals surface area contributed by atoms with Crippen LogP contribution in [0.5, 0.6) is 0 Å². The third kappa shape index (κ3) is 6.99. The minimum Gasteiger partial charge on any atom is -0.379 e. The van der Waals surface area contributed by atoms with Crippen LogP contribution < -0.4 is 0 Å². The first-order chi connectivity index (χ1) is 8.20. The number of hydrogen-bond donors (Lipinski definition) is 0. The molecule has 0 spiro atoms. The highest BCUT2D eigenvalue weighted by Gasteiger charge is 2.24. The maximum atomic E-state index is 5.64. The Kier molecular flexibility index (Phi) is 7.04. The Hall–Kier alpha value is -0.160. The van der Waals surface area contributed by atoms with E-state index in [0.717, 1.165) is 39.1 Å². The van der Waals surface area contributed by atoms with Gasteiger partial charge in [0.1, 0.15) is 6.10 Å². The van der Waals surface area contributed by atoms with E-state index in [4.69, 9.17) is 18.9 Å². The second kappa shape index (κ2) is 8.03. The van der Waals surface area contributed by atoms with Gasteiger partial charge in [-0.15, -0.1) is 0 Å². The van der Waals surface area contributed by atoms with Gasteiger partial charge in [-0.05, 0) is 33.6 Å². The summed E-state index contributed by atoms with van der Waals surface area (Å²) in [5.41, 5.74) is 0. The molecule has 4 heteroatoms. The van der Waals surface area contributed by atoms with E-state index in [2.05, 4.69) is 0 Å². The summed E-state index contributed by atoms with van der Waals surface area (Å²) in [6.07, 6.45) is 3.38. The molecule has 1 unspecified atom stereocenters. The molecule has 0 aromatic rings. The quantitative estimate of drug-likeness (QED) is 0.319. The molecule has 1 aliphatic rings. The van der Waals surface area contributed by atoms with Gasteiger partial charge in [0.15, 0.2) is 5.79 Å². The molecule has 102 valence electrons. The standard InChI is InChI=1S/C13H26O4/c1-4-16-13(3,17-5-2)8-6-7-9-14-10-12-11-15-12/h12H,4-11H2,1-3H3. The maximum absolute atomic E-state index is 5.64. The van der Waals surface area contributed by atoms with E-state index >= 15 is 0 Å². The smallest absolute Gasteiger partial charge is 0.165 e. The van der Waals surface area contributed by atoms with Crippen molar-refractivity contribution in [1.82, 2.24) is 0 Å². The summed E-state index contributed by atoms with van der Waals surface area (Å²) in [5.74, 6) is -0.427. The summed E-state index contributed by atoms with van der Waals surface area (Å²) in [6, 6.07) is 0. The average molecular weight is 246 g/mol. The van der Waals surface area contributed by atoms with Gasteiger partial charge in [-0.1, -0.05) is 0 Å². The predicted octanol–water partition coefficient (Wildman–Crippen LogP) is 2.36. The van der Waals surface area contributed by atoms with E-state index in [1.807, 2.05) is 20.8 Å². The van der Waals surface area contributed by atoms with Crippen LogP contribution in [0, 0.1) is 0 Å². The highest BCUT2D eigenvalue weighted by atomic mass is 16.7. The lowest BCUT2D eigenvalue weighted by atomic mass is 10.1. The first-order valence-corrected chi connectivity index (χ1v) is 6.67. The number of hydrogen-bond acceptors (Lipinski definition) is 4. The SMILES string of the molecule is CCOC(C)(CCCCOCC1CO1)OCC. The molecule has 0 aromatic heterocycles. The monoisotopic (exact) mass is 246 g/mol. The van der Waals surface area contributed by atoms with E-state index < -0.39 is 5.79 Å². The van der Waals surface area contributed by atoms with E-state index in [1.165, 1.54) is 0 Å². The molecule has 17 heavy (non-hydrogen) atoms. The van der Waals surface area contributed by atoms with E-state index in [0.29, 0.717) is 19.3 Å². The van der Waals surface area contributed by atoms with Crippen molar-refractivity contribution < 1.29 is 18.9 Å². The molecule has 0 saturated carbocycles.